The van der Waals surface area contributed by atoms with Gasteiger partial charge in [0.25, 0.3) is 21.8 Å². The zero-order chi connectivity index (χ0) is 23.2. The van der Waals surface area contributed by atoms with E-state index in [9.17, 15) is 31.2 Å². The second-order valence-corrected chi connectivity index (χ2v) is 9.32. The molecule has 1 saturated heterocycles. The average Bonchev–Trinajstić information content (AvgIpc) is 2.65. The molecule has 1 fully saturated rings. The Labute approximate surface area is 181 Å². The van der Waals surface area contributed by atoms with E-state index >= 15 is 0 Å². The van der Waals surface area contributed by atoms with Crippen molar-refractivity contribution in [2.24, 2.45) is 0 Å². The van der Waals surface area contributed by atoms with E-state index in [1.165, 1.54) is 38.1 Å². The standard InChI is InChI=1S/C19H17ClF3N3O4S/c1-11-14(6-7-15(24-11)19(21,22)23)16(27)26-9-8-18(26,2)17(28)25-31(29,30)13-5-3-4-12(20)10-13/h3-7,10H,8-9H2,1-2H3,(H,25,28). The SMILES string of the molecule is Cc1nc(C(F)(F)F)ccc1C(=O)N1CCC1(C)C(=O)NS(=O)(=O)c1cccc(Cl)c1. The normalized spacial score (nSPS) is 19.0. The van der Waals surface area contributed by atoms with Crippen molar-refractivity contribution >= 4 is 33.4 Å². The van der Waals surface area contributed by atoms with Crippen LogP contribution in [0.4, 0.5) is 13.2 Å². The molecule has 31 heavy (non-hydrogen) atoms. The highest BCUT2D eigenvalue weighted by Gasteiger charge is 2.51. The quantitative estimate of drug-likeness (QED) is 0.732. The number of nitrogens with one attached hydrogen (secondary N) is 1. The number of hydrogen-bond acceptors (Lipinski definition) is 5. The van der Waals surface area contributed by atoms with Gasteiger partial charge in [0, 0.05) is 11.6 Å². The highest BCUT2D eigenvalue weighted by Crippen LogP contribution is 2.34. The third kappa shape index (κ3) is 4.38. The number of pyridine rings is 1. The molecule has 0 radical (unpaired) electrons. The summed E-state index contributed by atoms with van der Waals surface area (Å²) in [7, 11) is -4.24. The van der Waals surface area contributed by atoms with Crippen molar-refractivity contribution in [3.63, 3.8) is 0 Å². The summed E-state index contributed by atoms with van der Waals surface area (Å²) in [6.07, 6.45) is -4.49. The number of carbonyl (C=O) groups is 2. The second kappa shape index (κ2) is 7.79. The third-order valence-electron chi connectivity index (χ3n) is 5.09. The van der Waals surface area contributed by atoms with Gasteiger partial charge in [-0.3, -0.25) is 9.59 Å². The minimum absolute atomic E-state index is 0.107. The Kier molecular flexibility index (Phi) is 5.78. The number of aryl methyl sites for hydroxylation is 1. The number of aromatic nitrogens is 1. The van der Waals surface area contributed by atoms with Crippen LogP contribution >= 0.6 is 11.6 Å². The maximum absolute atomic E-state index is 12.9. The summed E-state index contributed by atoms with van der Waals surface area (Å²) < 4.78 is 65.4. The Morgan fingerprint density at radius 1 is 1.23 bits per heavy atom. The first-order chi connectivity index (χ1) is 14.3. The number of alkyl halides is 3. The number of sulfonamides is 1. The number of likely N-dealkylation sites (tertiary alicyclic amines) is 1. The minimum atomic E-state index is -4.66. The lowest BCUT2D eigenvalue weighted by molar-refractivity contribution is -0.141. The molecule has 2 heterocycles. The molecule has 0 bridgehead atoms. The molecule has 7 nitrogen and oxygen atoms in total. The molecule has 1 unspecified atom stereocenters. The van der Waals surface area contributed by atoms with Crippen LogP contribution in [0.2, 0.25) is 5.02 Å². The van der Waals surface area contributed by atoms with Gasteiger partial charge < -0.3 is 4.90 Å². The van der Waals surface area contributed by atoms with Crippen LogP contribution in [0.25, 0.3) is 0 Å². The van der Waals surface area contributed by atoms with Crippen molar-refractivity contribution in [1.29, 1.82) is 0 Å². The fraction of sp³-hybridized carbons (Fsp3) is 0.316. The summed E-state index contributed by atoms with van der Waals surface area (Å²) in [5.41, 5.74) is -2.90. The summed E-state index contributed by atoms with van der Waals surface area (Å²) in [6.45, 7) is 2.76. The van der Waals surface area contributed by atoms with E-state index in [-0.39, 0.29) is 34.1 Å². The van der Waals surface area contributed by atoms with Gasteiger partial charge in [-0.05, 0) is 50.6 Å². The first-order valence-electron chi connectivity index (χ1n) is 8.95. The average molecular weight is 476 g/mol. The summed E-state index contributed by atoms with van der Waals surface area (Å²) in [5, 5.41) is 0.160. The van der Waals surface area contributed by atoms with Crippen LogP contribution in [0.5, 0.6) is 0 Å². The zero-order valence-electron chi connectivity index (χ0n) is 16.3. The number of rotatable bonds is 4. The van der Waals surface area contributed by atoms with Gasteiger partial charge in [-0.2, -0.15) is 13.2 Å². The molecule has 0 aliphatic carbocycles. The maximum atomic E-state index is 12.9. The van der Waals surface area contributed by atoms with Gasteiger partial charge in [0.1, 0.15) is 11.2 Å². The molecule has 3 rings (SSSR count). The molecular weight excluding hydrogens is 459 g/mol. The Morgan fingerprint density at radius 2 is 1.90 bits per heavy atom. The molecular formula is C19H17ClF3N3O4S. The number of carbonyl (C=O) groups excluding carboxylic acids is 2. The zero-order valence-corrected chi connectivity index (χ0v) is 17.9. The Bertz CT molecular complexity index is 1170. The number of halogens is 4. The topological polar surface area (TPSA) is 96.4 Å². The first-order valence-corrected chi connectivity index (χ1v) is 10.8. The van der Waals surface area contributed by atoms with E-state index in [1.54, 1.807) is 0 Å². The van der Waals surface area contributed by atoms with Gasteiger partial charge in [-0.1, -0.05) is 17.7 Å². The Balaban J connectivity index is 1.82. The molecule has 2 amide bonds. The summed E-state index contributed by atoms with van der Waals surface area (Å²) in [4.78, 5) is 29.9. The Hall–Kier alpha value is -2.66. The van der Waals surface area contributed by atoms with Crippen molar-refractivity contribution in [2.45, 2.75) is 36.9 Å². The highest BCUT2D eigenvalue weighted by atomic mass is 35.5. The first kappa shape index (κ1) is 23.0. The molecule has 166 valence electrons. The van der Waals surface area contributed by atoms with E-state index in [4.69, 9.17) is 11.6 Å². The summed E-state index contributed by atoms with van der Waals surface area (Å²) in [6, 6.07) is 6.97. The van der Waals surface area contributed by atoms with Crippen LogP contribution < -0.4 is 4.72 Å². The number of nitrogens with zero attached hydrogens (tertiary/aromatic N) is 2. The van der Waals surface area contributed by atoms with Crippen molar-refractivity contribution in [3.8, 4) is 0 Å². The lowest BCUT2D eigenvalue weighted by atomic mass is 9.85. The van der Waals surface area contributed by atoms with Crippen LogP contribution in [0.15, 0.2) is 41.3 Å². The molecule has 0 saturated carbocycles. The van der Waals surface area contributed by atoms with Crippen LogP contribution in [-0.2, 0) is 21.0 Å². The molecule has 1 aromatic heterocycles. The van der Waals surface area contributed by atoms with Gasteiger partial charge in [0.05, 0.1) is 16.2 Å². The lowest BCUT2D eigenvalue weighted by Gasteiger charge is -2.48. The van der Waals surface area contributed by atoms with Crippen molar-refractivity contribution in [1.82, 2.24) is 14.6 Å². The van der Waals surface area contributed by atoms with Gasteiger partial charge in [-0.25, -0.2) is 18.1 Å². The van der Waals surface area contributed by atoms with Crippen LogP contribution in [0.1, 0.15) is 35.1 Å². The van der Waals surface area contributed by atoms with E-state index < -0.39 is 39.2 Å². The molecule has 1 N–H and O–H groups in total. The smallest absolute Gasteiger partial charge is 0.324 e. The number of benzene rings is 1. The largest absolute Gasteiger partial charge is 0.433 e. The minimum Gasteiger partial charge on any atom is -0.324 e. The monoisotopic (exact) mass is 475 g/mol. The van der Waals surface area contributed by atoms with Gasteiger partial charge in [0.2, 0.25) is 0 Å². The van der Waals surface area contributed by atoms with Crippen molar-refractivity contribution in [2.75, 3.05) is 6.54 Å². The van der Waals surface area contributed by atoms with Crippen LogP contribution in [0, 0.1) is 6.92 Å². The Morgan fingerprint density at radius 3 is 2.42 bits per heavy atom. The molecule has 1 aliphatic rings. The van der Waals surface area contributed by atoms with Gasteiger partial charge >= 0.3 is 6.18 Å². The fourth-order valence-corrected chi connectivity index (χ4v) is 4.51. The van der Waals surface area contributed by atoms with E-state index in [0.717, 1.165) is 11.0 Å². The lowest BCUT2D eigenvalue weighted by Crippen LogP contribution is -2.67. The van der Waals surface area contributed by atoms with E-state index in [2.05, 4.69) is 4.98 Å². The predicted molar refractivity (Wildman–Crippen MR) is 105 cm³/mol. The summed E-state index contributed by atoms with van der Waals surface area (Å²) in [5.74, 6) is -1.66. The van der Waals surface area contributed by atoms with E-state index in [0.29, 0.717) is 6.07 Å². The molecule has 1 atom stereocenters. The number of hydrogen-bond donors (Lipinski definition) is 1. The molecule has 0 spiro atoms. The molecule has 1 aliphatic heterocycles. The predicted octanol–water partition coefficient (Wildman–Crippen LogP) is 3.17. The second-order valence-electron chi connectivity index (χ2n) is 7.20. The maximum Gasteiger partial charge on any atom is 0.433 e. The highest BCUT2D eigenvalue weighted by molar-refractivity contribution is 7.90. The van der Waals surface area contributed by atoms with Crippen molar-refractivity contribution < 1.29 is 31.2 Å². The molecule has 2 aromatic rings. The van der Waals surface area contributed by atoms with Crippen LogP contribution in [-0.4, -0.2) is 42.2 Å². The molecule has 12 heteroatoms. The molecule has 1 aromatic carbocycles. The number of amides is 2. The van der Waals surface area contributed by atoms with Crippen molar-refractivity contribution in [3.05, 3.63) is 58.4 Å². The summed E-state index contributed by atoms with van der Waals surface area (Å²) >= 11 is 5.80. The van der Waals surface area contributed by atoms with Crippen LogP contribution in [0.3, 0.4) is 0 Å². The fourth-order valence-electron chi connectivity index (χ4n) is 3.14. The van der Waals surface area contributed by atoms with Gasteiger partial charge in [-0.15, -0.1) is 0 Å². The third-order valence-corrected chi connectivity index (χ3v) is 6.66. The van der Waals surface area contributed by atoms with Gasteiger partial charge in [0.15, 0.2) is 0 Å². The van der Waals surface area contributed by atoms with E-state index in [1.807, 2.05) is 4.72 Å².